The lowest BCUT2D eigenvalue weighted by atomic mass is 9.78. The minimum atomic E-state index is -1.54. The minimum absolute atomic E-state index is 0.440. The second-order valence-corrected chi connectivity index (χ2v) is 16.8. The van der Waals surface area contributed by atoms with E-state index in [4.69, 9.17) is 0 Å². The summed E-state index contributed by atoms with van der Waals surface area (Å²) in [5, 5.41) is 0. The van der Waals surface area contributed by atoms with Gasteiger partial charge in [-0.3, -0.25) is 0 Å². The first-order valence-corrected chi connectivity index (χ1v) is 16.2. The molecular formula is C29H46Si. The monoisotopic (exact) mass is 422 g/mol. The van der Waals surface area contributed by atoms with Crippen LogP contribution in [0.3, 0.4) is 0 Å². The maximum absolute atomic E-state index is 2.81. The van der Waals surface area contributed by atoms with Crippen LogP contribution in [-0.2, 0) is 0 Å². The molecule has 0 nitrogen and oxygen atoms in total. The summed E-state index contributed by atoms with van der Waals surface area (Å²) in [5.74, 6) is 5.14. The average molecular weight is 423 g/mol. The van der Waals surface area contributed by atoms with Gasteiger partial charge in [-0.25, -0.2) is 0 Å². The zero-order chi connectivity index (χ0) is 21.5. The predicted octanol–water partition coefficient (Wildman–Crippen LogP) is 8.82. The zero-order valence-corrected chi connectivity index (χ0v) is 21.5. The molecule has 1 spiro atoms. The number of rotatable bonds is 6. The van der Waals surface area contributed by atoms with Crippen molar-refractivity contribution in [3.05, 3.63) is 48.6 Å². The lowest BCUT2D eigenvalue weighted by Crippen LogP contribution is -2.48. The SMILES string of the molecule is CCCC1CC2(C=CC=CC2)C([Si](C)(C)C2C(C)C(CCC)C3C=CC=CC32)C1C. The molecule has 4 rings (SSSR count). The third-order valence-corrected chi connectivity index (χ3v) is 15.4. The Hall–Kier alpha value is -0.823. The smallest absolute Gasteiger partial charge is 0.0556 e. The van der Waals surface area contributed by atoms with Crippen LogP contribution >= 0.6 is 0 Å². The highest BCUT2D eigenvalue weighted by molar-refractivity contribution is 6.80. The minimum Gasteiger partial charge on any atom is -0.0837 e. The molecule has 2 saturated carbocycles. The van der Waals surface area contributed by atoms with Crippen molar-refractivity contribution in [3.63, 3.8) is 0 Å². The highest BCUT2D eigenvalue weighted by Gasteiger charge is 2.62. The maximum Gasteiger partial charge on any atom is 0.0556 e. The molecule has 0 aliphatic heterocycles. The normalized spacial score (nSPS) is 44.9. The van der Waals surface area contributed by atoms with Gasteiger partial charge in [0.2, 0.25) is 0 Å². The van der Waals surface area contributed by atoms with Crippen molar-refractivity contribution in [1.82, 2.24) is 0 Å². The molecule has 1 heteroatoms. The Morgan fingerprint density at radius 3 is 2.20 bits per heavy atom. The predicted molar refractivity (Wildman–Crippen MR) is 135 cm³/mol. The number of fused-ring (bicyclic) bond motifs is 1. The molecule has 4 aliphatic rings. The topological polar surface area (TPSA) is 0 Å². The van der Waals surface area contributed by atoms with Crippen LogP contribution in [0.5, 0.6) is 0 Å². The third kappa shape index (κ3) is 3.48. The van der Waals surface area contributed by atoms with Crippen molar-refractivity contribution in [2.75, 3.05) is 0 Å². The van der Waals surface area contributed by atoms with E-state index in [0.717, 1.165) is 46.6 Å². The van der Waals surface area contributed by atoms with Crippen molar-refractivity contribution < 1.29 is 0 Å². The van der Waals surface area contributed by atoms with E-state index in [2.05, 4.69) is 89.4 Å². The molecule has 2 fully saturated rings. The average Bonchev–Trinajstić information content (AvgIpc) is 3.15. The van der Waals surface area contributed by atoms with Crippen LogP contribution in [0.1, 0.15) is 66.2 Å². The van der Waals surface area contributed by atoms with Crippen LogP contribution in [0.15, 0.2) is 48.6 Å². The van der Waals surface area contributed by atoms with Gasteiger partial charge in [0.15, 0.2) is 0 Å². The summed E-state index contributed by atoms with van der Waals surface area (Å²) in [4.78, 5) is 0. The second-order valence-electron chi connectivity index (χ2n) is 11.9. The van der Waals surface area contributed by atoms with Gasteiger partial charge in [0.05, 0.1) is 8.07 Å². The molecule has 4 aliphatic carbocycles. The molecule has 9 atom stereocenters. The molecule has 30 heavy (non-hydrogen) atoms. The number of allylic oxidation sites excluding steroid dienone is 8. The summed E-state index contributed by atoms with van der Waals surface area (Å²) in [5.41, 5.74) is 2.27. The van der Waals surface area contributed by atoms with E-state index in [-0.39, 0.29) is 0 Å². The van der Waals surface area contributed by atoms with Gasteiger partial charge in [0.1, 0.15) is 0 Å². The maximum atomic E-state index is 2.81. The highest BCUT2D eigenvalue weighted by atomic mass is 28.3. The summed E-state index contributed by atoms with van der Waals surface area (Å²) in [6, 6.07) is 0. The van der Waals surface area contributed by atoms with Crippen LogP contribution in [0, 0.1) is 40.9 Å². The van der Waals surface area contributed by atoms with Crippen LogP contribution in [0.2, 0.25) is 24.2 Å². The van der Waals surface area contributed by atoms with Gasteiger partial charge in [0, 0.05) is 0 Å². The molecular weight excluding hydrogens is 376 g/mol. The van der Waals surface area contributed by atoms with E-state index in [1.807, 2.05) is 0 Å². The molecule has 0 heterocycles. The van der Waals surface area contributed by atoms with E-state index in [0.29, 0.717) is 5.41 Å². The lowest BCUT2D eigenvalue weighted by molar-refractivity contribution is 0.329. The summed E-state index contributed by atoms with van der Waals surface area (Å²) >= 11 is 0. The van der Waals surface area contributed by atoms with Crippen molar-refractivity contribution in [1.29, 1.82) is 0 Å². The van der Waals surface area contributed by atoms with Crippen molar-refractivity contribution in [3.8, 4) is 0 Å². The summed E-state index contributed by atoms with van der Waals surface area (Å²) < 4.78 is 0. The Labute approximate surface area is 188 Å². The van der Waals surface area contributed by atoms with Gasteiger partial charge in [-0.15, -0.1) is 0 Å². The fourth-order valence-corrected chi connectivity index (χ4v) is 16.2. The number of hydrogen-bond donors (Lipinski definition) is 0. The standard InChI is InChI=1S/C29H46Si/c1-7-14-23-20-29(18-12-9-13-19-29)28(21(23)3)30(5,6)27-22(4)24(15-8-2)25-16-10-11-17-26(25)27/h9-13,16-18,21-28H,7-8,14-15,19-20H2,1-6H3. The van der Waals surface area contributed by atoms with Gasteiger partial charge in [-0.2, -0.15) is 0 Å². The molecule has 0 radical (unpaired) electrons. The first-order valence-electron chi connectivity index (χ1n) is 13.1. The summed E-state index contributed by atoms with van der Waals surface area (Å²) in [7, 11) is -1.54. The molecule has 9 unspecified atom stereocenters. The molecule has 0 aromatic rings. The van der Waals surface area contributed by atoms with Crippen LogP contribution in [0.25, 0.3) is 0 Å². The Morgan fingerprint density at radius 2 is 1.57 bits per heavy atom. The van der Waals surface area contributed by atoms with Crippen LogP contribution in [0.4, 0.5) is 0 Å². The molecule has 0 N–H and O–H groups in total. The van der Waals surface area contributed by atoms with Crippen molar-refractivity contribution in [2.24, 2.45) is 40.9 Å². The van der Waals surface area contributed by atoms with Gasteiger partial charge >= 0.3 is 0 Å². The molecule has 0 aromatic carbocycles. The lowest BCUT2D eigenvalue weighted by Gasteiger charge is -2.50. The largest absolute Gasteiger partial charge is 0.0837 e. The first kappa shape index (κ1) is 22.4. The Morgan fingerprint density at radius 1 is 0.867 bits per heavy atom. The number of hydrogen-bond acceptors (Lipinski definition) is 0. The fraction of sp³-hybridized carbons (Fsp3) is 0.724. The molecule has 0 saturated heterocycles. The van der Waals surface area contributed by atoms with E-state index >= 15 is 0 Å². The van der Waals surface area contributed by atoms with Gasteiger partial charge in [-0.05, 0) is 71.3 Å². The fourth-order valence-electron chi connectivity index (χ4n) is 9.38. The Balaban J connectivity index is 1.73. The van der Waals surface area contributed by atoms with Gasteiger partial charge < -0.3 is 0 Å². The second kappa shape index (κ2) is 8.61. The zero-order valence-electron chi connectivity index (χ0n) is 20.5. The molecule has 0 amide bonds. The highest BCUT2D eigenvalue weighted by Crippen LogP contribution is 2.68. The molecule has 0 bridgehead atoms. The first-order chi connectivity index (χ1) is 14.4. The van der Waals surface area contributed by atoms with E-state index in [1.54, 1.807) is 0 Å². The van der Waals surface area contributed by atoms with Crippen molar-refractivity contribution >= 4 is 8.07 Å². The van der Waals surface area contributed by atoms with E-state index < -0.39 is 8.07 Å². The van der Waals surface area contributed by atoms with Gasteiger partial charge in [0.25, 0.3) is 0 Å². The molecule has 166 valence electrons. The van der Waals surface area contributed by atoms with Crippen molar-refractivity contribution in [2.45, 2.75) is 90.4 Å². The Bertz CT molecular complexity index is 725. The Kier molecular flexibility index (Phi) is 6.42. The third-order valence-electron chi connectivity index (χ3n) is 10.0. The van der Waals surface area contributed by atoms with E-state index in [9.17, 15) is 0 Å². The van der Waals surface area contributed by atoms with Crippen LogP contribution < -0.4 is 0 Å². The molecule has 0 aromatic heterocycles. The summed E-state index contributed by atoms with van der Waals surface area (Å²) in [6.45, 7) is 15.7. The summed E-state index contributed by atoms with van der Waals surface area (Å²) in [6.07, 6.45) is 28.0. The van der Waals surface area contributed by atoms with Crippen LogP contribution in [-0.4, -0.2) is 8.07 Å². The van der Waals surface area contributed by atoms with E-state index in [1.165, 1.54) is 38.5 Å². The van der Waals surface area contributed by atoms with Gasteiger partial charge in [-0.1, -0.05) is 109 Å². The quantitative estimate of drug-likeness (QED) is 0.375.